The Morgan fingerprint density at radius 2 is 2.39 bits per heavy atom. The number of carbonyl (C=O) groups is 1. The maximum atomic E-state index is 13.6. The van der Waals surface area contributed by atoms with Crippen molar-refractivity contribution in [1.29, 1.82) is 0 Å². The van der Waals surface area contributed by atoms with Crippen molar-refractivity contribution in [2.24, 2.45) is 0 Å². The van der Waals surface area contributed by atoms with Crippen molar-refractivity contribution in [1.82, 2.24) is 10.2 Å². The largest absolute Gasteiger partial charge is 0.340 e. The Hall–Kier alpha value is -1.13. The highest BCUT2D eigenvalue weighted by Gasteiger charge is 2.25. The molecule has 1 fully saturated rings. The highest BCUT2D eigenvalue weighted by atomic mass is 35.5. The summed E-state index contributed by atoms with van der Waals surface area (Å²) in [6.45, 7) is 1.06. The first-order chi connectivity index (χ1) is 8.59. The molecule has 1 aliphatic heterocycles. The van der Waals surface area contributed by atoms with Gasteiger partial charge in [-0.2, -0.15) is 0 Å². The molecule has 3 nitrogen and oxygen atoms in total. The van der Waals surface area contributed by atoms with Crippen molar-refractivity contribution in [2.45, 2.75) is 25.4 Å². The number of carbonyl (C=O) groups excluding carboxylic acids is 1. The topological polar surface area (TPSA) is 32.3 Å². The van der Waals surface area contributed by atoms with Gasteiger partial charge in [0.2, 0.25) is 5.91 Å². The second-order valence-corrected chi connectivity index (χ2v) is 4.95. The Morgan fingerprint density at radius 3 is 3.00 bits per heavy atom. The zero-order chi connectivity index (χ0) is 13.1. The molecule has 0 bridgehead atoms. The molecule has 1 aromatic carbocycles. The summed E-state index contributed by atoms with van der Waals surface area (Å²) in [6, 6.07) is 4.40. The summed E-state index contributed by atoms with van der Waals surface area (Å²) < 4.78 is 13.6. The normalized spacial score (nSPS) is 18.9. The molecule has 0 saturated carbocycles. The van der Waals surface area contributed by atoms with Gasteiger partial charge in [-0.05, 0) is 31.5 Å². The second kappa shape index (κ2) is 5.67. The SMILES string of the molecule is CN(Cc1c(F)cccc1Cl)C(=O)[C@H]1CCCN1. The van der Waals surface area contributed by atoms with Gasteiger partial charge in [0.15, 0.2) is 0 Å². The maximum Gasteiger partial charge on any atom is 0.239 e. The van der Waals surface area contributed by atoms with Crippen LogP contribution in [0.25, 0.3) is 0 Å². The van der Waals surface area contributed by atoms with E-state index in [-0.39, 0.29) is 24.3 Å². The molecular weight excluding hydrogens is 255 g/mol. The summed E-state index contributed by atoms with van der Waals surface area (Å²) in [5, 5.41) is 3.49. The van der Waals surface area contributed by atoms with Gasteiger partial charge < -0.3 is 10.2 Å². The van der Waals surface area contributed by atoms with Crippen LogP contribution in [0, 0.1) is 5.82 Å². The number of hydrogen-bond acceptors (Lipinski definition) is 2. The number of nitrogens with zero attached hydrogens (tertiary/aromatic N) is 1. The van der Waals surface area contributed by atoms with E-state index in [4.69, 9.17) is 11.6 Å². The van der Waals surface area contributed by atoms with E-state index in [1.54, 1.807) is 19.2 Å². The van der Waals surface area contributed by atoms with Crippen molar-refractivity contribution in [2.75, 3.05) is 13.6 Å². The highest BCUT2D eigenvalue weighted by molar-refractivity contribution is 6.31. The van der Waals surface area contributed by atoms with Crippen LogP contribution in [-0.4, -0.2) is 30.4 Å². The quantitative estimate of drug-likeness (QED) is 0.913. The lowest BCUT2D eigenvalue weighted by Gasteiger charge is -2.22. The van der Waals surface area contributed by atoms with Gasteiger partial charge in [0, 0.05) is 24.2 Å². The van der Waals surface area contributed by atoms with Gasteiger partial charge in [0.05, 0.1) is 6.04 Å². The van der Waals surface area contributed by atoms with Gasteiger partial charge in [-0.15, -0.1) is 0 Å². The molecule has 1 saturated heterocycles. The maximum absolute atomic E-state index is 13.6. The first-order valence-electron chi connectivity index (χ1n) is 6.01. The van der Waals surface area contributed by atoms with Crippen LogP contribution in [0.2, 0.25) is 5.02 Å². The van der Waals surface area contributed by atoms with Crippen molar-refractivity contribution in [3.05, 3.63) is 34.6 Å². The Kier molecular flexibility index (Phi) is 4.19. The molecule has 1 aromatic rings. The average molecular weight is 271 g/mol. The molecule has 98 valence electrons. The number of rotatable bonds is 3. The summed E-state index contributed by atoms with van der Waals surface area (Å²) in [4.78, 5) is 13.6. The summed E-state index contributed by atoms with van der Waals surface area (Å²) in [7, 11) is 1.67. The molecule has 0 aromatic heterocycles. The first-order valence-corrected chi connectivity index (χ1v) is 6.38. The van der Waals surface area contributed by atoms with Gasteiger partial charge in [-0.1, -0.05) is 17.7 Å². The Morgan fingerprint density at radius 1 is 1.61 bits per heavy atom. The summed E-state index contributed by atoms with van der Waals surface area (Å²) in [5.41, 5.74) is 0.369. The molecule has 18 heavy (non-hydrogen) atoms. The predicted octanol–water partition coefficient (Wildman–Crippen LogP) is 2.19. The molecule has 1 amide bonds. The van der Waals surface area contributed by atoms with Crippen LogP contribution in [0.4, 0.5) is 4.39 Å². The molecule has 5 heteroatoms. The second-order valence-electron chi connectivity index (χ2n) is 4.54. The Bertz CT molecular complexity index is 426. The van der Waals surface area contributed by atoms with Crippen molar-refractivity contribution in [3.63, 3.8) is 0 Å². The standard InChI is InChI=1S/C13H16ClFN2O/c1-17(13(18)12-6-3-7-16-12)8-9-10(14)4-2-5-11(9)15/h2,4-5,12,16H,3,6-8H2,1H3/t12-/m1/s1. The van der Waals surface area contributed by atoms with Crippen LogP contribution in [0.15, 0.2) is 18.2 Å². The van der Waals surface area contributed by atoms with E-state index in [2.05, 4.69) is 5.32 Å². The van der Waals surface area contributed by atoms with Crippen molar-refractivity contribution >= 4 is 17.5 Å². The van der Waals surface area contributed by atoms with E-state index in [0.717, 1.165) is 19.4 Å². The Balaban J connectivity index is 2.06. The van der Waals surface area contributed by atoms with Crippen LogP contribution in [-0.2, 0) is 11.3 Å². The minimum atomic E-state index is -0.374. The zero-order valence-corrected chi connectivity index (χ0v) is 11.0. The fourth-order valence-electron chi connectivity index (χ4n) is 2.16. The number of likely N-dealkylation sites (N-methyl/N-ethyl adjacent to an activating group) is 1. The van der Waals surface area contributed by atoms with Crippen molar-refractivity contribution in [3.8, 4) is 0 Å². The molecule has 1 atom stereocenters. The third-order valence-electron chi connectivity index (χ3n) is 3.19. The first kappa shape index (κ1) is 13.3. The molecule has 1 N–H and O–H groups in total. The van der Waals surface area contributed by atoms with Crippen LogP contribution < -0.4 is 5.32 Å². The lowest BCUT2D eigenvalue weighted by atomic mass is 10.1. The van der Waals surface area contributed by atoms with Gasteiger partial charge in [-0.3, -0.25) is 4.79 Å². The lowest BCUT2D eigenvalue weighted by Crippen LogP contribution is -2.41. The minimum Gasteiger partial charge on any atom is -0.340 e. The van der Waals surface area contributed by atoms with E-state index in [0.29, 0.717) is 10.6 Å². The highest BCUT2D eigenvalue weighted by Crippen LogP contribution is 2.21. The van der Waals surface area contributed by atoms with Crippen LogP contribution in [0.3, 0.4) is 0 Å². The van der Waals surface area contributed by atoms with E-state index < -0.39 is 0 Å². The van der Waals surface area contributed by atoms with Gasteiger partial charge >= 0.3 is 0 Å². The minimum absolute atomic E-state index is 0.00757. The zero-order valence-electron chi connectivity index (χ0n) is 10.2. The molecule has 0 radical (unpaired) electrons. The molecule has 1 aliphatic rings. The van der Waals surface area contributed by atoms with E-state index in [9.17, 15) is 9.18 Å². The number of hydrogen-bond donors (Lipinski definition) is 1. The molecule has 0 unspecified atom stereocenters. The van der Waals surface area contributed by atoms with Gasteiger partial charge in [0.1, 0.15) is 5.82 Å². The average Bonchev–Trinajstić information content (AvgIpc) is 2.86. The predicted molar refractivity (Wildman–Crippen MR) is 68.9 cm³/mol. The van der Waals surface area contributed by atoms with E-state index >= 15 is 0 Å². The van der Waals surface area contributed by atoms with Gasteiger partial charge in [0.25, 0.3) is 0 Å². The lowest BCUT2D eigenvalue weighted by molar-refractivity contribution is -0.132. The molecule has 2 rings (SSSR count). The third-order valence-corrected chi connectivity index (χ3v) is 3.55. The summed E-state index contributed by atoms with van der Waals surface area (Å²) in [6.07, 6.45) is 1.85. The molecular formula is C13H16ClFN2O. The number of halogens is 2. The Labute approximate surface area is 111 Å². The monoisotopic (exact) mass is 270 g/mol. The van der Waals surface area contributed by atoms with Crippen LogP contribution in [0.1, 0.15) is 18.4 Å². The third kappa shape index (κ3) is 2.82. The van der Waals surface area contributed by atoms with Gasteiger partial charge in [-0.25, -0.2) is 4.39 Å². The number of amides is 1. The molecule has 0 spiro atoms. The summed E-state index contributed by atoms with van der Waals surface area (Å²) in [5.74, 6) is -0.381. The fraction of sp³-hybridized carbons (Fsp3) is 0.462. The fourth-order valence-corrected chi connectivity index (χ4v) is 2.38. The summed E-state index contributed by atoms with van der Waals surface area (Å²) >= 11 is 5.94. The van der Waals surface area contributed by atoms with Crippen molar-refractivity contribution < 1.29 is 9.18 Å². The molecule has 1 heterocycles. The molecule has 0 aliphatic carbocycles. The van der Waals surface area contributed by atoms with Crippen LogP contribution in [0.5, 0.6) is 0 Å². The van der Waals surface area contributed by atoms with E-state index in [1.807, 2.05) is 0 Å². The van der Waals surface area contributed by atoms with Crippen LogP contribution >= 0.6 is 11.6 Å². The van der Waals surface area contributed by atoms with E-state index in [1.165, 1.54) is 11.0 Å². The number of benzene rings is 1. The number of nitrogens with one attached hydrogen (secondary N) is 1. The smallest absolute Gasteiger partial charge is 0.239 e.